The van der Waals surface area contributed by atoms with Gasteiger partial charge in [-0.15, -0.1) is 0 Å². The molecule has 1 amide bonds. The van der Waals surface area contributed by atoms with E-state index >= 15 is 0 Å². The normalized spacial score (nSPS) is 16.2. The molecule has 0 bridgehead atoms. The zero-order valence-corrected chi connectivity index (χ0v) is 10.8. The largest absolute Gasteiger partial charge is 0.355 e. The van der Waals surface area contributed by atoms with Crippen molar-refractivity contribution < 1.29 is 4.79 Å². The van der Waals surface area contributed by atoms with Gasteiger partial charge in [-0.05, 0) is 12.8 Å². The van der Waals surface area contributed by atoms with Crippen LogP contribution in [0.1, 0.15) is 20.8 Å². The predicted molar refractivity (Wildman–Crippen MR) is 67.2 cm³/mol. The fourth-order valence-corrected chi connectivity index (χ4v) is 1.49. The van der Waals surface area contributed by atoms with E-state index in [1.54, 1.807) is 12.5 Å². The van der Waals surface area contributed by atoms with E-state index in [1.807, 2.05) is 24.6 Å². The second kappa shape index (κ2) is 6.39. The fourth-order valence-electron chi connectivity index (χ4n) is 1.49. The zero-order valence-electron chi connectivity index (χ0n) is 10.8. The van der Waals surface area contributed by atoms with Gasteiger partial charge in [-0.2, -0.15) is 0 Å². The number of nitrogens with zero attached hydrogens (tertiary/aromatic N) is 2. The Morgan fingerprint density at radius 2 is 2.18 bits per heavy atom. The van der Waals surface area contributed by atoms with Crippen LogP contribution in [0.15, 0.2) is 18.7 Å². The second-order valence-electron chi connectivity index (χ2n) is 4.76. The monoisotopic (exact) mass is 238 g/mol. The maximum Gasteiger partial charge on any atom is 0.224 e. The Morgan fingerprint density at radius 3 is 2.71 bits per heavy atom. The summed E-state index contributed by atoms with van der Waals surface area (Å²) in [6.45, 7) is 7.30. The number of nitrogens with two attached hydrogens (primary N) is 1. The van der Waals surface area contributed by atoms with E-state index in [9.17, 15) is 4.79 Å². The quantitative estimate of drug-likeness (QED) is 0.763. The van der Waals surface area contributed by atoms with Crippen LogP contribution < -0.4 is 11.1 Å². The lowest BCUT2D eigenvalue weighted by molar-refractivity contribution is -0.125. The summed E-state index contributed by atoms with van der Waals surface area (Å²) in [6.07, 6.45) is 5.45. The van der Waals surface area contributed by atoms with E-state index in [4.69, 9.17) is 5.73 Å². The van der Waals surface area contributed by atoms with Gasteiger partial charge in [0.2, 0.25) is 5.91 Å². The fraction of sp³-hybridized carbons (Fsp3) is 0.667. The van der Waals surface area contributed by atoms with E-state index in [2.05, 4.69) is 17.2 Å². The molecule has 0 aliphatic heterocycles. The number of imidazole rings is 1. The van der Waals surface area contributed by atoms with E-state index in [0.717, 1.165) is 6.54 Å². The maximum atomic E-state index is 11.7. The van der Waals surface area contributed by atoms with Crippen molar-refractivity contribution in [1.82, 2.24) is 14.9 Å². The number of hydrogen-bond donors (Lipinski definition) is 2. The number of hydrogen-bond acceptors (Lipinski definition) is 3. The van der Waals surface area contributed by atoms with Crippen molar-refractivity contribution >= 4 is 5.91 Å². The van der Waals surface area contributed by atoms with Gasteiger partial charge >= 0.3 is 0 Å². The minimum Gasteiger partial charge on any atom is -0.355 e. The van der Waals surface area contributed by atoms with Crippen LogP contribution in [0.25, 0.3) is 0 Å². The molecule has 0 aliphatic carbocycles. The first-order chi connectivity index (χ1) is 8.00. The molecule has 0 saturated carbocycles. The Morgan fingerprint density at radius 1 is 1.47 bits per heavy atom. The summed E-state index contributed by atoms with van der Waals surface area (Å²) in [4.78, 5) is 15.7. The molecule has 0 spiro atoms. The van der Waals surface area contributed by atoms with Crippen molar-refractivity contribution in [3.8, 4) is 0 Å². The van der Waals surface area contributed by atoms with Crippen molar-refractivity contribution in [2.45, 2.75) is 33.4 Å². The van der Waals surface area contributed by atoms with E-state index in [1.165, 1.54) is 0 Å². The average molecular weight is 238 g/mol. The van der Waals surface area contributed by atoms with Gasteiger partial charge in [0.1, 0.15) is 0 Å². The third-order valence-electron chi connectivity index (χ3n) is 2.91. The highest BCUT2D eigenvalue weighted by Gasteiger charge is 2.17. The van der Waals surface area contributed by atoms with E-state index < -0.39 is 0 Å². The van der Waals surface area contributed by atoms with E-state index in [0.29, 0.717) is 12.5 Å². The summed E-state index contributed by atoms with van der Waals surface area (Å²) in [5.41, 5.74) is 5.68. The first-order valence-corrected chi connectivity index (χ1v) is 5.99. The summed E-state index contributed by atoms with van der Waals surface area (Å²) in [7, 11) is 0. The minimum atomic E-state index is -0.143. The van der Waals surface area contributed by atoms with Crippen LogP contribution in [0.2, 0.25) is 0 Å². The Kier molecular flexibility index (Phi) is 5.15. The average Bonchev–Trinajstić information content (AvgIpc) is 2.77. The Labute approximate surface area is 102 Å². The highest BCUT2D eigenvalue weighted by molar-refractivity contribution is 5.78. The van der Waals surface area contributed by atoms with Crippen LogP contribution in [0.4, 0.5) is 0 Å². The molecule has 0 saturated heterocycles. The maximum absolute atomic E-state index is 11.7. The van der Waals surface area contributed by atoms with Gasteiger partial charge in [0.25, 0.3) is 0 Å². The van der Waals surface area contributed by atoms with Crippen molar-refractivity contribution in [3.05, 3.63) is 18.7 Å². The molecule has 17 heavy (non-hydrogen) atoms. The SMILES string of the molecule is CC(CNC(=O)C(C)C(C)N)Cn1ccnc1. The van der Waals surface area contributed by atoms with Gasteiger partial charge in [0.15, 0.2) is 0 Å². The van der Waals surface area contributed by atoms with Gasteiger partial charge < -0.3 is 15.6 Å². The molecular formula is C12H22N4O. The Bertz CT molecular complexity index is 334. The first-order valence-electron chi connectivity index (χ1n) is 5.99. The first kappa shape index (κ1) is 13.7. The zero-order chi connectivity index (χ0) is 12.8. The third kappa shape index (κ3) is 4.56. The smallest absolute Gasteiger partial charge is 0.224 e. The molecule has 3 N–H and O–H groups in total. The van der Waals surface area contributed by atoms with Crippen molar-refractivity contribution in [1.29, 1.82) is 0 Å². The molecule has 5 nitrogen and oxygen atoms in total. The lowest BCUT2D eigenvalue weighted by atomic mass is 10.0. The Balaban J connectivity index is 2.28. The number of aromatic nitrogens is 2. The number of carbonyl (C=O) groups is 1. The molecule has 0 radical (unpaired) electrons. The summed E-state index contributed by atoms with van der Waals surface area (Å²) >= 11 is 0. The molecule has 5 heteroatoms. The van der Waals surface area contributed by atoms with Crippen LogP contribution in [-0.2, 0) is 11.3 Å². The minimum absolute atomic E-state index is 0.0254. The molecule has 0 fully saturated rings. The lowest BCUT2D eigenvalue weighted by Crippen LogP contribution is -2.40. The van der Waals surface area contributed by atoms with Gasteiger partial charge in [-0.1, -0.05) is 13.8 Å². The molecule has 1 rings (SSSR count). The third-order valence-corrected chi connectivity index (χ3v) is 2.91. The number of nitrogens with one attached hydrogen (secondary N) is 1. The van der Waals surface area contributed by atoms with Crippen molar-refractivity contribution in [2.24, 2.45) is 17.6 Å². The van der Waals surface area contributed by atoms with Gasteiger partial charge in [0.05, 0.1) is 6.33 Å². The topological polar surface area (TPSA) is 72.9 Å². The summed E-state index contributed by atoms with van der Waals surface area (Å²) < 4.78 is 2.01. The molecule has 0 aromatic carbocycles. The molecular weight excluding hydrogens is 216 g/mol. The standard InChI is InChI=1S/C12H22N4O/c1-9(7-16-5-4-14-8-16)6-15-12(17)10(2)11(3)13/h4-5,8-11H,6-7,13H2,1-3H3,(H,15,17). The lowest BCUT2D eigenvalue weighted by Gasteiger charge is -2.18. The second-order valence-corrected chi connectivity index (χ2v) is 4.76. The predicted octanol–water partition coefficient (Wildman–Crippen LogP) is 0.619. The number of amides is 1. The highest BCUT2D eigenvalue weighted by Crippen LogP contribution is 2.02. The van der Waals surface area contributed by atoms with Gasteiger partial charge in [0, 0.05) is 37.4 Å². The van der Waals surface area contributed by atoms with Gasteiger partial charge in [-0.3, -0.25) is 4.79 Å². The highest BCUT2D eigenvalue weighted by atomic mass is 16.1. The molecule has 1 aromatic heterocycles. The van der Waals surface area contributed by atoms with Crippen LogP contribution in [-0.4, -0.2) is 28.0 Å². The molecule has 1 aromatic rings. The molecule has 96 valence electrons. The van der Waals surface area contributed by atoms with Crippen LogP contribution in [0.5, 0.6) is 0 Å². The van der Waals surface area contributed by atoms with E-state index in [-0.39, 0.29) is 17.9 Å². The van der Waals surface area contributed by atoms with Gasteiger partial charge in [-0.25, -0.2) is 4.98 Å². The summed E-state index contributed by atoms with van der Waals surface area (Å²) in [5, 5.41) is 2.92. The molecule has 3 atom stereocenters. The van der Waals surface area contributed by atoms with Crippen molar-refractivity contribution in [2.75, 3.05) is 6.54 Å². The summed E-state index contributed by atoms with van der Waals surface area (Å²) in [5.74, 6) is 0.251. The van der Waals surface area contributed by atoms with Crippen LogP contribution in [0.3, 0.4) is 0 Å². The molecule has 1 heterocycles. The molecule has 3 unspecified atom stereocenters. The summed E-state index contributed by atoms with van der Waals surface area (Å²) in [6, 6.07) is -0.112. The molecule has 0 aliphatic rings. The number of carbonyl (C=O) groups excluding carboxylic acids is 1. The Hall–Kier alpha value is -1.36. The van der Waals surface area contributed by atoms with Crippen LogP contribution >= 0.6 is 0 Å². The van der Waals surface area contributed by atoms with Crippen LogP contribution in [0, 0.1) is 11.8 Å². The number of rotatable bonds is 6. The van der Waals surface area contributed by atoms with Crippen molar-refractivity contribution in [3.63, 3.8) is 0 Å².